The predicted octanol–water partition coefficient (Wildman–Crippen LogP) is 2.66. The predicted molar refractivity (Wildman–Crippen MR) is 72.3 cm³/mol. The van der Waals surface area contributed by atoms with Crippen molar-refractivity contribution in [1.82, 2.24) is 4.90 Å². The van der Waals surface area contributed by atoms with Gasteiger partial charge >= 0.3 is 0 Å². The van der Waals surface area contributed by atoms with Crippen LogP contribution >= 0.6 is 0 Å². The molecule has 4 saturated carbocycles. The van der Waals surface area contributed by atoms with Gasteiger partial charge in [0.25, 0.3) is 0 Å². The van der Waals surface area contributed by atoms with E-state index in [0.717, 1.165) is 24.3 Å². The van der Waals surface area contributed by atoms with Gasteiger partial charge in [0.05, 0.1) is 6.10 Å². The van der Waals surface area contributed by atoms with Crippen molar-refractivity contribution in [1.29, 1.82) is 0 Å². The first-order valence-corrected chi connectivity index (χ1v) is 8.14. The zero-order valence-electron chi connectivity index (χ0n) is 11.5. The highest BCUT2D eigenvalue weighted by Crippen LogP contribution is 2.61. The first kappa shape index (κ1) is 11.7. The number of hydrogen-bond donors (Lipinski definition) is 1. The second-order valence-electron chi connectivity index (χ2n) is 7.80. The maximum Gasteiger partial charge on any atom is 0.0723 e. The maximum absolute atomic E-state index is 10.8. The molecule has 0 unspecified atom stereocenters. The molecule has 0 radical (unpaired) electrons. The smallest absolute Gasteiger partial charge is 0.0723 e. The van der Waals surface area contributed by atoms with E-state index < -0.39 is 0 Å². The molecule has 4 aliphatic carbocycles. The van der Waals surface area contributed by atoms with E-state index >= 15 is 0 Å². The molecule has 18 heavy (non-hydrogen) atoms. The van der Waals surface area contributed by atoms with Gasteiger partial charge in [-0.3, -0.25) is 0 Å². The molecule has 1 atom stereocenters. The molecular weight excluding hydrogens is 222 g/mol. The van der Waals surface area contributed by atoms with Crippen molar-refractivity contribution < 1.29 is 5.11 Å². The maximum atomic E-state index is 10.8. The quantitative estimate of drug-likeness (QED) is 0.831. The Morgan fingerprint density at radius 2 is 1.44 bits per heavy atom. The van der Waals surface area contributed by atoms with Crippen LogP contribution in [-0.4, -0.2) is 35.7 Å². The van der Waals surface area contributed by atoms with E-state index in [1.165, 1.54) is 64.5 Å². The number of rotatable bonds is 3. The third kappa shape index (κ3) is 1.84. The Labute approximate surface area is 111 Å². The van der Waals surface area contributed by atoms with Crippen LogP contribution in [0.15, 0.2) is 0 Å². The number of aliphatic hydroxyl groups is 1. The number of β-amino-alcohol motifs (C(OH)–C–C–N with tert-alkyl or cyclic N) is 1. The molecule has 1 N–H and O–H groups in total. The molecule has 1 saturated heterocycles. The summed E-state index contributed by atoms with van der Waals surface area (Å²) in [5, 5.41) is 10.8. The van der Waals surface area contributed by atoms with Crippen LogP contribution in [0.2, 0.25) is 0 Å². The van der Waals surface area contributed by atoms with Gasteiger partial charge in [-0.25, -0.2) is 0 Å². The van der Waals surface area contributed by atoms with Gasteiger partial charge in [0, 0.05) is 6.54 Å². The number of likely N-dealkylation sites (tertiary alicyclic amines) is 1. The minimum atomic E-state index is -0.0380. The van der Waals surface area contributed by atoms with Gasteiger partial charge in [0.1, 0.15) is 0 Å². The fraction of sp³-hybridized carbons (Fsp3) is 1.00. The van der Waals surface area contributed by atoms with E-state index in [-0.39, 0.29) is 6.10 Å². The van der Waals surface area contributed by atoms with Gasteiger partial charge < -0.3 is 10.0 Å². The monoisotopic (exact) mass is 249 g/mol. The fourth-order valence-corrected chi connectivity index (χ4v) is 5.99. The number of nitrogens with zero attached hydrogens (tertiary/aromatic N) is 1. The largest absolute Gasteiger partial charge is 0.391 e. The van der Waals surface area contributed by atoms with E-state index in [1.807, 2.05) is 0 Å². The van der Waals surface area contributed by atoms with E-state index in [9.17, 15) is 5.11 Å². The molecular formula is C16H27NO. The molecule has 0 aromatic rings. The molecule has 5 aliphatic rings. The minimum Gasteiger partial charge on any atom is -0.391 e. The lowest BCUT2D eigenvalue weighted by Gasteiger charge is -2.58. The zero-order chi connectivity index (χ0) is 12.2. The fourth-order valence-electron chi connectivity index (χ4n) is 5.99. The first-order chi connectivity index (χ1) is 8.73. The Kier molecular flexibility index (Phi) is 2.74. The molecule has 4 bridgehead atoms. The van der Waals surface area contributed by atoms with Gasteiger partial charge in [-0.1, -0.05) is 0 Å². The third-order valence-electron chi connectivity index (χ3n) is 6.42. The molecule has 0 amide bonds. The number of aliphatic hydroxyl groups excluding tert-OH is 1. The molecule has 5 rings (SSSR count). The van der Waals surface area contributed by atoms with Crippen molar-refractivity contribution in [3.05, 3.63) is 0 Å². The van der Waals surface area contributed by atoms with Crippen molar-refractivity contribution in [3.63, 3.8) is 0 Å². The summed E-state index contributed by atoms with van der Waals surface area (Å²) in [5.74, 6) is 2.89. The topological polar surface area (TPSA) is 23.5 Å². The summed E-state index contributed by atoms with van der Waals surface area (Å²) in [5.41, 5.74) is 0.331. The standard InChI is InChI=1S/C16H27NO/c18-15(11-17-3-1-2-4-17)16-8-12-5-13(9-16)7-14(6-12)10-16/h12-15,18H,1-11H2/t12?,13?,14?,15-,16?/m0/s1. The molecule has 2 heteroatoms. The Morgan fingerprint density at radius 3 is 1.94 bits per heavy atom. The summed E-state index contributed by atoms with van der Waals surface area (Å²) in [6, 6.07) is 0. The summed E-state index contributed by atoms with van der Waals surface area (Å²) >= 11 is 0. The van der Waals surface area contributed by atoms with Crippen LogP contribution in [0.4, 0.5) is 0 Å². The molecule has 0 spiro atoms. The van der Waals surface area contributed by atoms with Crippen molar-refractivity contribution >= 4 is 0 Å². The molecule has 1 aliphatic heterocycles. The van der Waals surface area contributed by atoms with Crippen molar-refractivity contribution in [3.8, 4) is 0 Å². The Balaban J connectivity index is 1.48. The van der Waals surface area contributed by atoms with E-state index in [2.05, 4.69) is 4.90 Å². The molecule has 5 fully saturated rings. The molecule has 1 heterocycles. The molecule has 102 valence electrons. The third-order valence-corrected chi connectivity index (χ3v) is 6.42. The summed E-state index contributed by atoms with van der Waals surface area (Å²) in [7, 11) is 0. The highest BCUT2D eigenvalue weighted by atomic mass is 16.3. The van der Waals surface area contributed by atoms with E-state index in [4.69, 9.17) is 0 Å². The van der Waals surface area contributed by atoms with Crippen molar-refractivity contribution in [2.24, 2.45) is 23.2 Å². The summed E-state index contributed by atoms with van der Waals surface area (Å²) in [4.78, 5) is 2.50. The number of hydrogen-bond acceptors (Lipinski definition) is 2. The summed E-state index contributed by atoms with van der Waals surface area (Å²) in [6.07, 6.45) is 11.1. The summed E-state index contributed by atoms with van der Waals surface area (Å²) in [6.45, 7) is 3.42. The van der Waals surface area contributed by atoms with Gasteiger partial charge in [0.15, 0.2) is 0 Å². The van der Waals surface area contributed by atoms with Crippen LogP contribution < -0.4 is 0 Å². The second-order valence-corrected chi connectivity index (χ2v) is 7.80. The van der Waals surface area contributed by atoms with Gasteiger partial charge in [-0.15, -0.1) is 0 Å². The minimum absolute atomic E-state index is 0.0380. The highest BCUT2D eigenvalue weighted by molar-refractivity contribution is 5.04. The average molecular weight is 249 g/mol. The Hall–Kier alpha value is -0.0800. The molecule has 0 aromatic carbocycles. The lowest BCUT2D eigenvalue weighted by atomic mass is 9.48. The van der Waals surface area contributed by atoms with Gasteiger partial charge in [-0.2, -0.15) is 0 Å². The van der Waals surface area contributed by atoms with Crippen LogP contribution in [-0.2, 0) is 0 Å². The lowest BCUT2D eigenvalue weighted by Crippen LogP contribution is -2.54. The lowest BCUT2D eigenvalue weighted by molar-refractivity contribution is -0.125. The van der Waals surface area contributed by atoms with Gasteiger partial charge in [0.2, 0.25) is 0 Å². The Bertz CT molecular complexity index is 286. The van der Waals surface area contributed by atoms with Crippen LogP contribution in [0.3, 0.4) is 0 Å². The van der Waals surface area contributed by atoms with Crippen molar-refractivity contribution in [2.45, 2.75) is 57.5 Å². The Morgan fingerprint density at radius 1 is 0.944 bits per heavy atom. The average Bonchev–Trinajstić information content (AvgIpc) is 2.79. The normalized spacial score (nSPS) is 48.8. The first-order valence-electron chi connectivity index (χ1n) is 8.14. The zero-order valence-corrected chi connectivity index (χ0v) is 11.5. The SMILES string of the molecule is O[C@@H](CN1CCCC1)C12CC3CC(CC(C3)C1)C2. The van der Waals surface area contributed by atoms with Crippen LogP contribution in [0.5, 0.6) is 0 Å². The van der Waals surface area contributed by atoms with E-state index in [0.29, 0.717) is 5.41 Å². The van der Waals surface area contributed by atoms with Crippen LogP contribution in [0.1, 0.15) is 51.4 Å². The van der Waals surface area contributed by atoms with Gasteiger partial charge in [-0.05, 0) is 87.6 Å². The molecule has 0 aromatic heterocycles. The second kappa shape index (κ2) is 4.21. The van der Waals surface area contributed by atoms with E-state index in [1.54, 1.807) is 0 Å². The van der Waals surface area contributed by atoms with Crippen molar-refractivity contribution in [2.75, 3.05) is 19.6 Å². The molecule has 2 nitrogen and oxygen atoms in total. The highest BCUT2D eigenvalue weighted by Gasteiger charge is 2.54. The summed E-state index contributed by atoms with van der Waals surface area (Å²) < 4.78 is 0. The van der Waals surface area contributed by atoms with Crippen LogP contribution in [0, 0.1) is 23.2 Å². The van der Waals surface area contributed by atoms with Crippen LogP contribution in [0.25, 0.3) is 0 Å².